The van der Waals surface area contributed by atoms with Gasteiger partial charge in [-0.15, -0.1) is 4.13 Å². The summed E-state index contributed by atoms with van der Waals surface area (Å²) in [4.78, 5) is -0.187. The molecule has 7 heteroatoms. The minimum atomic E-state index is -4.13. The van der Waals surface area contributed by atoms with Crippen molar-refractivity contribution < 1.29 is 16.8 Å². The van der Waals surface area contributed by atoms with Crippen molar-refractivity contribution in [3.05, 3.63) is 59.7 Å². The van der Waals surface area contributed by atoms with E-state index in [9.17, 15) is 16.8 Å². The van der Waals surface area contributed by atoms with E-state index in [2.05, 4.69) is 0 Å². The fraction of sp³-hybridized carbons (Fsp3) is 0.143. The lowest BCUT2D eigenvalue weighted by molar-refractivity contribution is 0.577. The summed E-state index contributed by atoms with van der Waals surface area (Å²) in [6.07, 6.45) is 0. The van der Waals surface area contributed by atoms with Crippen LogP contribution < -0.4 is 4.13 Å². The number of hydrogen-bond donors (Lipinski definition) is 1. The normalized spacial score (nSPS) is 12.3. The number of aryl methyl sites for hydroxylation is 2. The molecule has 0 fully saturated rings. The summed E-state index contributed by atoms with van der Waals surface area (Å²) >= 11 is 0. The molecular weight excluding hydrogens is 310 g/mol. The van der Waals surface area contributed by atoms with Crippen LogP contribution in [0.15, 0.2) is 58.3 Å². The smallest absolute Gasteiger partial charge is 0.206 e. The molecule has 0 radical (unpaired) electrons. The Bertz CT molecular complexity index is 763. The third-order valence-corrected chi connectivity index (χ3v) is 6.42. The van der Waals surface area contributed by atoms with E-state index in [0.29, 0.717) is 0 Å². The topological polar surface area (TPSA) is 80.3 Å². The van der Waals surface area contributed by atoms with E-state index in [-0.39, 0.29) is 9.79 Å². The van der Waals surface area contributed by atoms with Crippen LogP contribution >= 0.6 is 0 Å². The second-order valence-corrected chi connectivity index (χ2v) is 8.34. The Morgan fingerprint density at radius 1 is 0.619 bits per heavy atom. The molecule has 0 saturated heterocycles. The Morgan fingerprint density at radius 3 is 1.19 bits per heavy atom. The molecule has 5 nitrogen and oxygen atoms in total. The molecule has 0 aliphatic heterocycles. The highest BCUT2D eigenvalue weighted by Crippen LogP contribution is 2.15. The molecule has 0 aliphatic carbocycles. The summed E-state index contributed by atoms with van der Waals surface area (Å²) < 4.78 is 50.2. The van der Waals surface area contributed by atoms with E-state index in [1.54, 1.807) is 28.4 Å². The first kappa shape index (κ1) is 15.7. The van der Waals surface area contributed by atoms with Crippen LogP contribution in [-0.4, -0.2) is 16.8 Å². The van der Waals surface area contributed by atoms with Gasteiger partial charge in [-0.05, 0) is 38.1 Å². The maximum atomic E-state index is 12.1. The SMILES string of the molecule is Cc1ccc(S(=O)(=O)NS(=O)(=O)c2ccc(C)cc2)cc1. The molecule has 2 aromatic carbocycles. The highest BCUT2D eigenvalue weighted by molar-refractivity contribution is 8.04. The first-order valence-corrected chi connectivity index (χ1v) is 9.09. The van der Waals surface area contributed by atoms with E-state index in [0.717, 1.165) is 11.1 Å². The van der Waals surface area contributed by atoms with E-state index >= 15 is 0 Å². The average Bonchev–Trinajstić information content (AvgIpc) is 2.38. The summed E-state index contributed by atoms with van der Waals surface area (Å²) in [6.45, 7) is 3.62. The van der Waals surface area contributed by atoms with Crippen LogP contribution in [0.5, 0.6) is 0 Å². The van der Waals surface area contributed by atoms with Crippen LogP contribution in [0.4, 0.5) is 0 Å². The average molecular weight is 325 g/mol. The molecule has 0 atom stereocenters. The van der Waals surface area contributed by atoms with Crippen LogP contribution in [-0.2, 0) is 20.0 Å². The van der Waals surface area contributed by atoms with Crippen molar-refractivity contribution in [1.82, 2.24) is 4.13 Å². The number of benzene rings is 2. The standard InChI is InChI=1S/C14H15NO4S2/c1-11-3-7-13(8-4-11)20(16,17)15-21(18,19)14-9-5-12(2)6-10-14/h3-10,15H,1-2H3. The highest BCUT2D eigenvalue weighted by atomic mass is 32.3. The summed E-state index contributed by atoms with van der Waals surface area (Å²) in [5, 5.41) is 0. The molecule has 21 heavy (non-hydrogen) atoms. The molecule has 1 N–H and O–H groups in total. The van der Waals surface area contributed by atoms with Gasteiger partial charge in [0.2, 0.25) is 0 Å². The Labute approximate surface area is 124 Å². The zero-order valence-corrected chi connectivity index (χ0v) is 13.2. The van der Waals surface area contributed by atoms with E-state index in [1.165, 1.54) is 24.3 Å². The second kappa shape index (κ2) is 5.59. The summed E-state index contributed by atoms with van der Waals surface area (Å²) in [5.41, 5.74) is 1.77. The van der Waals surface area contributed by atoms with Crippen LogP contribution in [0.1, 0.15) is 11.1 Å². The fourth-order valence-corrected chi connectivity index (χ4v) is 4.59. The van der Waals surface area contributed by atoms with Crippen molar-refractivity contribution in [2.45, 2.75) is 23.6 Å². The predicted molar refractivity (Wildman–Crippen MR) is 79.9 cm³/mol. The lowest BCUT2D eigenvalue weighted by Crippen LogP contribution is -2.30. The van der Waals surface area contributed by atoms with E-state index in [1.807, 2.05) is 13.8 Å². The molecule has 0 bridgehead atoms. The van der Waals surface area contributed by atoms with Crippen molar-refractivity contribution in [3.8, 4) is 0 Å². The molecule has 0 aromatic heterocycles. The lowest BCUT2D eigenvalue weighted by atomic mass is 10.2. The van der Waals surface area contributed by atoms with Crippen molar-refractivity contribution in [3.63, 3.8) is 0 Å². The van der Waals surface area contributed by atoms with Crippen molar-refractivity contribution >= 4 is 20.0 Å². The van der Waals surface area contributed by atoms with Gasteiger partial charge >= 0.3 is 0 Å². The van der Waals surface area contributed by atoms with E-state index < -0.39 is 20.0 Å². The first-order valence-electron chi connectivity index (χ1n) is 6.13. The summed E-state index contributed by atoms with van der Waals surface area (Å²) in [5.74, 6) is 0. The molecule has 2 aromatic rings. The van der Waals surface area contributed by atoms with Crippen LogP contribution in [0.25, 0.3) is 0 Å². The zero-order valence-electron chi connectivity index (χ0n) is 11.6. The van der Waals surface area contributed by atoms with Crippen molar-refractivity contribution in [1.29, 1.82) is 0 Å². The Balaban J connectivity index is 2.35. The minimum Gasteiger partial charge on any atom is -0.206 e. The van der Waals surface area contributed by atoms with Crippen LogP contribution in [0, 0.1) is 13.8 Å². The fourth-order valence-electron chi connectivity index (χ4n) is 1.68. The quantitative estimate of drug-likeness (QED) is 0.932. The summed E-state index contributed by atoms with van der Waals surface area (Å²) in [6, 6.07) is 11.9. The molecule has 0 heterocycles. The van der Waals surface area contributed by atoms with Gasteiger partial charge in [0.15, 0.2) is 0 Å². The molecule has 2 rings (SSSR count). The van der Waals surface area contributed by atoms with Crippen molar-refractivity contribution in [2.24, 2.45) is 0 Å². The van der Waals surface area contributed by atoms with Gasteiger partial charge in [0.1, 0.15) is 0 Å². The minimum absolute atomic E-state index is 0.0937. The number of rotatable bonds is 4. The maximum absolute atomic E-state index is 12.1. The number of sulfonamides is 2. The van der Waals surface area contributed by atoms with E-state index in [4.69, 9.17) is 0 Å². The lowest BCUT2D eigenvalue weighted by Gasteiger charge is -2.08. The molecular formula is C14H15NO4S2. The number of nitrogens with one attached hydrogen (secondary N) is 1. The van der Waals surface area contributed by atoms with Crippen LogP contribution in [0.2, 0.25) is 0 Å². The molecule has 0 saturated carbocycles. The molecule has 112 valence electrons. The largest absolute Gasteiger partial charge is 0.253 e. The molecule has 0 unspecified atom stereocenters. The monoisotopic (exact) mass is 325 g/mol. The van der Waals surface area contributed by atoms with Gasteiger partial charge in [-0.3, -0.25) is 0 Å². The van der Waals surface area contributed by atoms with Gasteiger partial charge < -0.3 is 0 Å². The predicted octanol–water partition coefficient (Wildman–Crippen LogP) is 1.97. The van der Waals surface area contributed by atoms with Gasteiger partial charge in [0, 0.05) is 0 Å². The third kappa shape index (κ3) is 3.69. The highest BCUT2D eigenvalue weighted by Gasteiger charge is 2.24. The van der Waals surface area contributed by atoms with Gasteiger partial charge in [-0.2, -0.15) is 0 Å². The zero-order chi connectivity index (χ0) is 15.7. The van der Waals surface area contributed by atoms with Gasteiger partial charge in [0.25, 0.3) is 20.0 Å². The van der Waals surface area contributed by atoms with Gasteiger partial charge in [-0.1, -0.05) is 35.4 Å². The van der Waals surface area contributed by atoms with Crippen LogP contribution in [0.3, 0.4) is 0 Å². The second-order valence-electron chi connectivity index (χ2n) is 4.72. The Morgan fingerprint density at radius 2 is 0.905 bits per heavy atom. The first-order chi connectivity index (χ1) is 9.71. The summed E-state index contributed by atoms with van der Waals surface area (Å²) in [7, 11) is -8.26. The third-order valence-electron chi connectivity index (χ3n) is 2.88. The molecule has 0 spiro atoms. The Hall–Kier alpha value is -1.70. The van der Waals surface area contributed by atoms with Gasteiger partial charge in [-0.25, -0.2) is 16.8 Å². The maximum Gasteiger partial charge on any atom is 0.253 e. The molecule has 0 amide bonds. The van der Waals surface area contributed by atoms with Crippen molar-refractivity contribution in [2.75, 3.05) is 0 Å². The molecule has 0 aliphatic rings. The number of hydrogen-bond acceptors (Lipinski definition) is 4. The van der Waals surface area contributed by atoms with Gasteiger partial charge in [0.05, 0.1) is 9.79 Å². The Kier molecular flexibility index (Phi) is 4.18.